The van der Waals surface area contributed by atoms with Gasteiger partial charge in [-0.05, 0) is 38.0 Å². The second-order valence-electron chi connectivity index (χ2n) is 4.43. The third-order valence-corrected chi connectivity index (χ3v) is 2.95. The SMILES string of the molecule is C=CCC(C)NC(C)c1ccc2c(c1)OCO2. The lowest BCUT2D eigenvalue weighted by molar-refractivity contribution is 0.174. The van der Waals surface area contributed by atoms with E-state index in [1.165, 1.54) is 5.56 Å². The molecule has 3 nitrogen and oxygen atoms in total. The summed E-state index contributed by atoms with van der Waals surface area (Å²) in [6.07, 6.45) is 2.90. The third-order valence-electron chi connectivity index (χ3n) is 2.95. The minimum absolute atomic E-state index is 0.291. The van der Waals surface area contributed by atoms with Gasteiger partial charge in [-0.1, -0.05) is 12.1 Å². The van der Waals surface area contributed by atoms with E-state index in [0.29, 0.717) is 18.9 Å². The summed E-state index contributed by atoms with van der Waals surface area (Å²) in [5.74, 6) is 1.67. The molecule has 2 rings (SSSR count). The molecule has 0 amide bonds. The average Bonchev–Trinajstić information content (AvgIpc) is 2.75. The maximum absolute atomic E-state index is 5.38. The summed E-state index contributed by atoms with van der Waals surface area (Å²) < 4.78 is 10.7. The molecular weight excluding hydrogens is 214 g/mol. The number of ether oxygens (including phenoxy) is 2. The molecule has 2 atom stereocenters. The van der Waals surface area contributed by atoms with Crippen LogP contribution in [0.4, 0.5) is 0 Å². The molecule has 0 radical (unpaired) electrons. The molecular formula is C14H19NO2. The van der Waals surface area contributed by atoms with Crippen molar-refractivity contribution in [2.24, 2.45) is 0 Å². The van der Waals surface area contributed by atoms with Crippen molar-refractivity contribution in [2.75, 3.05) is 6.79 Å². The van der Waals surface area contributed by atoms with Crippen molar-refractivity contribution in [1.29, 1.82) is 0 Å². The Bertz CT molecular complexity index is 403. The van der Waals surface area contributed by atoms with Gasteiger partial charge in [0.25, 0.3) is 0 Å². The van der Waals surface area contributed by atoms with E-state index in [2.05, 4.69) is 31.8 Å². The Morgan fingerprint density at radius 1 is 1.35 bits per heavy atom. The highest BCUT2D eigenvalue weighted by Crippen LogP contribution is 2.34. The second-order valence-corrected chi connectivity index (χ2v) is 4.43. The highest BCUT2D eigenvalue weighted by Gasteiger charge is 2.16. The zero-order valence-electron chi connectivity index (χ0n) is 10.4. The predicted octanol–water partition coefficient (Wildman–Crippen LogP) is 3.03. The van der Waals surface area contributed by atoms with Crippen LogP contribution < -0.4 is 14.8 Å². The minimum atomic E-state index is 0.291. The monoisotopic (exact) mass is 233 g/mol. The van der Waals surface area contributed by atoms with Gasteiger partial charge in [0.05, 0.1) is 0 Å². The number of rotatable bonds is 5. The van der Waals surface area contributed by atoms with Gasteiger partial charge in [0.1, 0.15) is 0 Å². The van der Waals surface area contributed by atoms with Crippen LogP contribution in [-0.2, 0) is 0 Å². The standard InChI is InChI=1S/C14H19NO2/c1-4-5-10(2)15-11(3)12-6-7-13-14(8-12)17-9-16-13/h4,6-8,10-11,15H,1,5,9H2,2-3H3. The van der Waals surface area contributed by atoms with Gasteiger partial charge < -0.3 is 14.8 Å². The van der Waals surface area contributed by atoms with E-state index in [9.17, 15) is 0 Å². The number of benzene rings is 1. The Morgan fingerprint density at radius 2 is 2.12 bits per heavy atom. The number of nitrogens with one attached hydrogen (secondary N) is 1. The lowest BCUT2D eigenvalue weighted by atomic mass is 10.1. The van der Waals surface area contributed by atoms with E-state index < -0.39 is 0 Å². The molecule has 0 aromatic heterocycles. The Hall–Kier alpha value is -1.48. The van der Waals surface area contributed by atoms with Crippen LogP contribution in [0.15, 0.2) is 30.9 Å². The molecule has 2 unspecified atom stereocenters. The number of hydrogen-bond donors (Lipinski definition) is 1. The van der Waals surface area contributed by atoms with Gasteiger partial charge in [-0.2, -0.15) is 0 Å². The first kappa shape index (κ1) is 12.0. The summed E-state index contributed by atoms with van der Waals surface area (Å²) in [6.45, 7) is 8.39. The van der Waals surface area contributed by atoms with E-state index >= 15 is 0 Å². The topological polar surface area (TPSA) is 30.5 Å². The van der Waals surface area contributed by atoms with Crippen molar-refractivity contribution in [1.82, 2.24) is 5.32 Å². The van der Waals surface area contributed by atoms with E-state index in [-0.39, 0.29) is 0 Å². The second kappa shape index (κ2) is 5.23. The molecule has 0 spiro atoms. The van der Waals surface area contributed by atoms with Crippen LogP contribution in [0.1, 0.15) is 31.9 Å². The predicted molar refractivity (Wildman–Crippen MR) is 68.4 cm³/mol. The fourth-order valence-corrected chi connectivity index (χ4v) is 2.02. The van der Waals surface area contributed by atoms with Crippen molar-refractivity contribution in [3.63, 3.8) is 0 Å². The highest BCUT2D eigenvalue weighted by molar-refractivity contribution is 5.45. The van der Waals surface area contributed by atoms with Crippen molar-refractivity contribution in [2.45, 2.75) is 32.4 Å². The zero-order valence-corrected chi connectivity index (χ0v) is 10.4. The first-order valence-electron chi connectivity index (χ1n) is 5.97. The van der Waals surface area contributed by atoms with Gasteiger partial charge in [0.2, 0.25) is 6.79 Å². The Morgan fingerprint density at radius 3 is 2.88 bits per heavy atom. The molecule has 1 aromatic rings. The van der Waals surface area contributed by atoms with Gasteiger partial charge in [0, 0.05) is 12.1 Å². The van der Waals surface area contributed by atoms with E-state index in [1.807, 2.05) is 18.2 Å². The molecule has 3 heteroatoms. The van der Waals surface area contributed by atoms with Crippen LogP contribution in [-0.4, -0.2) is 12.8 Å². The van der Waals surface area contributed by atoms with Crippen molar-refractivity contribution < 1.29 is 9.47 Å². The highest BCUT2D eigenvalue weighted by atomic mass is 16.7. The number of fused-ring (bicyclic) bond motifs is 1. The number of hydrogen-bond acceptors (Lipinski definition) is 3. The van der Waals surface area contributed by atoms with Gasteiger partial charge in [-0.25, -0.2) is 0 Å². The summed E-state index contributed by atoms with van der Waals surface area (Å²) in [6, 6.07) is 6.80. The maximum atomic E-state index is 5.38. The van der Waals surface area contributed by atoms with Gasteiger partial charge in [-0.15, -0.1) is 6.58 Å². The molecule has 1 aliphatic heterocycles. The molecule has 1 heterocycles. The molecule has 0 bridgehead atoms. The lowest BCUT2D eigenvalue weighted by Crippen LogP contribution is -2.28. The Kier molecular flexibility index (Phi) is 3.69. The molecule has 0 fully saturated rings. The summed E-state index contributed by atoms with van der Waals surface area (Å²) in [7, 11) is 0. The van der Waals surface area contributed by atoms with E-state index in [4.69, 9.17) is 9.47 Å². The van der Waals surface area contributed by atoms with Crippen LogP contribution in [0.3, 0.4) is 0 Å². The summed E-state index contributed by atoms with van der Waals surface area (Å²) in [5.41, 5.74) is 1.21. The van der Waals surface area contributed by atoms with Crippen LogP contribution in [0.5, 0.6) is 11.5 Å². The molecule has 92 valence electrons. The van der Waals surface area contributed by atoms with Crippen molar-refractivity contribution in [3.8, 4) is 11.5 Å². The van der Waals surface area contributed by atoms with Crippen molar-refractivity contribution >= 4 is 0 Å². The van der Waals surface area contributed by atoms with Crippen LogP contribution in [0.2, 0.25) is 0 Å². The smallest absolute Gasteiger partial charge is 0.231 e. The lowest BCUT2D eigenvalue weighted by Gasteiger charge is -2.19. The fourth-order valence-electron chi connectivity index (χ4n) is 2.02. The summed E-state index contributed by atoms with van der Waals surface area (Å²) in [5, 5.41) is 3.52. The Balaban J connectivity index is 2.04. The molecule has 1 N–H and O–H groups in total. The van der Waals surface area contributed by atoms with E-state index in [1.54, 1.807) is 0 Å². The molecule has 17 heavy (non-hydrogen) atoms. The minimum Gasteiger partial charge on any atom is -0.454 e. The molecule has 0 saturated carbocycles. The first-order valence-corrected chi connectivity index (χ1v) is 5.97. The van der Waals surface area contributed by atoms with Gasteiger partial charge in [0.15, 0.2) is 11.5 Å². The largest absolute Gasteiger partial charge is 0.454 e. The first-order chi connectivity index (χ1) is 8.20. The third kappa shape index (κ3) is 2.80. The maximum Gasteiger partial charge on any atom is 0.231 e. The van der Waals surface area contributed by atoms with Gasteiger partial charge >= 0.3 is 0 Å². The van der Waals surface area contributed by atoms with Crippen LogP contribution in [0, 0.1) is 0 Å². The fraction of sp³-hybridized carbons (Fsp3) is 0.429. The quantitative estimate of drug-likeness (QED) is 0.793. The van der Waals surface area contributed by atoms with Gasteiger partial charge in [-0.3, -0.25) is 0 Å². The molecule has 1 aliphatic rings. The molecule has 0 saturated heterocycles. The summed E-state index contributed by atoms with van der Waals surface area (Å²) in [4.78, 5) is 0. The molecule has 0 aliphatic carbocycles. The average molecular weight is 233 g/mol. The van der Waals surface area contributed by atoms with Crippen LogP contribution >= 0.6 is 0 Å². The summed E-state index contributed by atoms with van der Waals surface area (Å²) >= 11 is 0. The van der Waals surface area contributed by atoms with Crippen molar-refractivity contribution in [3.05, 3.63) is 36.4 Å². The van der Waals surface area contributed by atoms with Crippen LogP contribution in [0.25, 0.3) is 0 Å². The molecule has 1 aromatic carbocycles. The van der Waals surface area contributed by atoms with E-state index in [0.717, 1.165) is 17.9 Å². The zero-order chi connectivity index (χ0) is 12.3. The Labute approximate surface area is 102 Å². The normalized spacial score (nSPS) is 16.6.